The maximum absolute atomic E-state index is 12.8. The van der Waals surface area contributed by atoms with Crippen LogP contribution in [-0.2, 0) is 18.5 Å². The lowest BCUT2D eigenvalue weighted by atomic mass is 9.87. The number of pyridine rings is 1. The third kappa shape index (κ3) is 5.45. The van der Waals surface area contributed by atoms with Crippen molar-refractivity contribution >= 4 is 16.9 Å². The second kappa shape index (κ2) is 10.1. The molecule has 1 amide bonds. The molecule has 0 unspecified atom stereocenters. The average molecular weight is 457 g/mol. The Bertz CT molecular complexity index is 1240. The number of aromatic nitrogens is 3. The van der Waals surface area contributed by atoms with Crippen molar-refractivity contribution in [3.63, 3.8) is 0 Å². The molecule has 2 aromatic heterocycles. The molecule has 0 saturated carbocycles. The second-order valence-electron chi connectivity index (χ2n) is 9.55. The molecule has 34 heavy (non-hydrogen) atoms. The third-order valence-corrected chi connectivity index (χ3v) is 5.88. The number of carbonyl (C=O) groups excluding carboxylic acids is 1. The number of hydrogen-bond acceptors (Lipinski definition) is 4. The minimum atomic E-state index is -0.0752. The first-order chi connectivity index (χ1) is 16.3. The van der Waals surface area contributed by atoms with E-state index in [1.807, 2.05) is 30.3 Å². The van der Waals surface area contributed by atoms with Crippen molar-refractivity contribution in [2.45, 2.75) is 45.7 Å². The Morgan fingerprint density at radius 3 is 2.50 bits per heavy atom. The molecule has 0 saturated heterocycles. The molecular formula is C28H32N4O2. The summed E-state index contributed by atoms with van der Waals surface area (Å²) in [4.78, 5) is 23.4. The van der Waals surface area contributed by atoms with Gasteiger partial charge < -0.3 is 14.2 Å². The highest BCUT2D eigenvalue weighted by Crippen LogP contribution is 2.24. The molecule has 4 rings (SSSR count). The summed E-state index contributed by atoms with van der Waals surface area (Å²) in [5.74, 6) is 1.66. The summed E-state index contributed by atoms with van der Waals surface area (Å²) < 4.78 is 8.18. The Morgan fingerprint density at radius 1 is 1.03 bits per heavy atom. The van der Waals surface area contributed by atoms with Crippen molar-refractivity contribution in [3.8, 4) is 5.75 Å². The predicted octanol–water partition coefficient (Wildman–Crippen LogP) is 5.47. The minimum Gasteiger partial charge on any atom is -0.494 e. The van der Waals surface area contributed by atoms with E-state index in [4.69, 9.17) is 9.72 Å². The highest BCUT2D eigenvalue weighted by atomic mass is 16.5. The number of nitrogens with zero attached hydrogens (tertiary/aromatic N) is 4. The molecule has 4 aromatic rings. The number of aryl methyl sites for hydroxylation is 1. The molecule has 0 N–H and O–H groups in total. The van der Waals surface area contributed by atoms with Crippen LogP contribution >= 0.6 is 0 Å². The minimum absolute atomic E-state index is 0.0752. The van der Waals surface area contributed by atoms with Crippen LogP contribution in [0.2, 0.25) is 0 Å². The Morgan fingerprint density at radius 2 is 1.79 bits per heavy atom. The molecule has 0 aliphatic carbocycles. The van der Waals surface area contributed by atoms with Crippen molar-refractivity contribution in [3.05, 3.63) is 90.0 Å². The average Bonchev–Trinajstić information content (AvgIpc) is 3.18. The normalized spacial score (nSPS) is 11.5. The SMILES string of the molecule is CN(Cc1nc2ccccc2n1CCCOc1ccc(C(C)(C)C)cc1)C(=O)c1cccnc1. The van der Waals surface area contributed by atoms with Crippen molar-refractivity contribution in [2.24, 2.45) is 0 Å². The first-order valence-electron chi connectivity index (χ1n) is 11.7. The molecule has 0 atom stereocenters. The number of ether oxygens (including phenoxy) is 1. The van der Waals surface area contributed by atoms with Gasteiger partial charge in [-0.1, -0.05) is 45.0 Å². The highest BCUT2D eigenvalue weighted by Gasteiger charge is 2.17. The molecule has 2 aromatic carbocycles. The molecule has 6 nitrogen and oxygen atoms in total. The lowest BCUT2D eigenvalue weighted by molar-refractivity contribution is 0.0779. The fourth-order valence-electron chi connectivity index (χ4n) is 3.95. The van der Waals surface area contributed by atoms with E-state index in [0.29, 0.717) is 18.7 Å². The standard InChI is InChI=1S/C28H32N4O2/c1-28(2,3)22-12-14-23(15-13-22)34-18-8-17-32-25-11-6-5-10-24(25)30-26(32)20-31(4)27(33)21-9-7-16-29-19-21/h5-7,9-16,19H,8,17-18,20H2,1-4H3. The van der Waals surface area contributed by atoms with E-state index in [1.165, 1.54) is 5.56 Å². The summed E-state index contributed by atoms with van der Waals surface area (Å²) in [6.45, 7) is 8.39. The van der Waals surface area contributed by atoms with Gasteiger partial charge in [-0.25, -0.2) is 4.98 Å². The summed E-state index contributed by atoms with van der Waals surface area (Å²) in [6.07, 6.45) is 4.08. The lowest BCUT2D eigenvalue weighted by Crippen LogP contribution is -2.28. The zero-order valence-electron chi connectivity index (χ0n) is 20.4. The molecule has 0 spiro atoms. The highest BCUT2D eigenvalue weighted by molar-refractivity contribution is 5.93. The predicted molar refractivity (Wildman–Crippen MR) is 135 cm³/mol. The Kier molecular flexibility index (Phi) is 6.96. The molecule has 0 radical (unpaired) electrons. The first kappa shape index (κ1) is 23.5. The Labute approximate surface area is 201 Å². The van der Waals surface area contributed by atoms with E-state index >= 15 is 0 Å². The van der Waals surface area contributed by atoms with E-state index in [2.05, 4.69) is 48.5 Å². The largest absolute Gasteiger partial charge is 0.494 e. The van der Waals surface area contributed by atoms with Crippen LogP contribution in [0, 0.1) is 0 Å². The first-order valence-corrected chi connectivity index (χ1v) is 11.7. The Balaban J connectivity index is 1.42. The topological polar surface area (TPSA) is 60.2 Å². The van der Waals surface area contributed by atoms with Gasteiger partial charge in [0.1, 0.15) is 11.6 Å². The van der Waals surface area contributed by atoms with Gasteiger partial charge in [0.25, 0.3) is 5.91 Å². The number of para-hydroxylation sites is 2. The third-order valence-electron chi connectivity index (χ3n) is 5.88. The molecule has 0 aliphatic heterocycles. The van der Waals surface area contributed by atoms with Gasteiger partial charge >= 0.3 is 0 Å². The maximum atomic E-state index is 12.8. The van der Waals surface area contributed by atoms with Crippen molar-refractivity contribution < 1.29 is 9.53 Å². The number of imidazole rings is 1. The fourth-order valence-corrected chi connectivity index (χ4v) is 3.95. The van der Waals surface area contributed by atoms with Crippen LogP contribution in [0.15, 0.2) is 73.1 Å². The van der Waals surface area contributed by atoms with Crippen LogP contribution in [0.3, 0.4) is 0 Å². The van der Waals surface area contributed by atoms with E-state index < -0.39 is 0 Å². The van der Waals surface area contributed by atoms with Gasteiger partial charge in [0.2, 0.25) is 0 Å². The summed E-state index contributed by atoms with van der Waals surface area (Å²) in [7, 11) is 1.80. The zero-order chi connectivity index (χ0) is 24.1. The van der Waals surface area contributed by atoms with Crippen LogP contribution in [0.25, 0.3) is 11.0 Å². The van der Waals surface area contributed by atoms with Gasteiger partial charge in [0.05, 0.1) is 29.7 Å². The van der Waals surface area contributed by atoms with Crippen molar-refractivity contribution in [1.29, 1.82) is 0 Å². The fraction of sp³-hybridized carbons (Fsp3) is 0.321. The van der Waals surface area contributed by atoms with Crippen LogP contribution < -0.4 is 4.74 Å². The number of amides is 1. The van der Waals surface area contributed by atoms with Crippen LogP contribution in [0.5, 0.6) is 5.75 Å². The molecule has 176 valence electrons. The van der Waals surface area contributed by atoms with Gasteiger partial charge in [-0.05, 0) is 53.8 Å². The summed E-state index contributed by atoms with van der Waals surface area (Å²) >= 11 is 0. The maximum Gasteiger partial charge on any atom is 0.255 e. The zero-order valence-corrected chi connectivity index (χ0v) is 20.4. The van der Waals surface area contributed by atoms with Crippen LogP contribution in [0.4, 0.5) is 0 Å². The molecule has 0 fully saturated rings. The van der Waals surface area contributed by atoms with Crippen LogP contribution in [-0.4, -0.2) is 39.0 Å². The molecule has 0 bridgehead atoms. The number of carbonyl (C=O) groups is 1. The number of rotatable bonds is 8. The number of hydrogen-bond donors (Lipinski definition) is 0. The monoisotopic (exact) mass is 456 g/mol. The van der Waals surface area contributed by atoms with E-state index in [-0.39, 0.29) is 11.3 Å². The van der Waals surface area contributed by atoms with Crippen molar-refractivity contribution in [1.82, 2.24) is 19.4 Å². The van der Waals surface area contributed by atoms with Gasteiger partial charge in [-0.2, -0.15) is 0 Å². The van der Waals surface area contributed by atoms with E-state index in [1.54, 1.807) is 36.5 Å². The lowest BCUT2D eigenvalue weighted by Gasteiger charge is -2.19. The number of benzene rings is 2. The van der Waals surface area contributed by atoms with E-state index in [9.17, 15) is 4.79 Å². The Hall–Kier alpha value is -3.67. The molecule has 0 aliphatic rings. The van der Waals surface area contributed by atoms with Gasteiger partial charge in [0.15, 0.2) is 0 Å². The summed E-state index contributed by atoms with van der Waals surface area (Å²) in [5, 5.41) is 0. The molecular weight excluding hydrogens is 424 g/mol. The number of fused-ring (bicyclic) bond motifs is 1. The van der Waals surface area contributed by atoms with E-state index in [0.717, 1.165) is 35.6 Å². The van der Waals surface area contributed by atoms with Gasteiger partial charge in [-0.15, -0.1) is 0 Å². The van der Waals surface area contributed by atoms with Crippen LogP contribution in [0.1, 0.15) is 48.9 Å². The van der Waals surface area contributed by atoms with Gasteiger partial charge in [-0.3, -0.25) is 9.78 Å². The van der Waals surface area contributed by atoms with Gasteiger partial charge in [0, 0.05) is 26.0 Å². The quantitative estimate of drug-likeness (QED) is 0.330. The molecule has 6 heteroatoms. The smallest absolute Gasteiger partial charge is 0.255 e. The molecule has 2 heterocycles. The summed E-state index contributed by atoms with van der Waals surface area (Å²) in [5.41, 5.74) is 3.98. The second-order valence-corrected chi connectivity index (χ2v) is 9.55. The summed E-state index contributed by atoms with van der Waals surface area (Å²) in [6, 6.07) is 20.0. The van der Waals surface area contributed by atoms with Crippen molar-refractivity contribution in [2.75, 3.05) is 13.7 Å².